The molecule has 1 N–H and O–H groups in total. The van der Waals surface area contributed by atoms with E-state index in [0.717, 1.165) is 35.4 Å². The van der Waals surface area contributed by atoms with E-state index in [1.807, 2.05) is 48.7 Å². The normalized spacial score (nSPS) is 14.2. The third kappa shape index (κ3) is 4.49. The number of hydrogen-bond donors (Lipinski definition) is 1. The zero-order valence-corrected chi connectivity index (χ0v) is 18.2. The van der Waals surface area contributed by atoms with Crippen molar-refractivity contribution in [1.82, 2.24) is 20.2 Å². The van der Waals surface area contributed by atoms with Crippen molar-refractivity contribution in [3.8, 4) is 17.7 Å². The Kier molecular flexibility index (Phi) is 6.51. The van der Waals surface area contributed by atoms with Crippen molar-refractivity contribution in [2.45, 2.75) is 6.54 Å². The van der Waals surface area contributed by atoms with Crippen LogP contribution >= 0.6 is 0 Å². The maximum Gasteiger partial charge on any atom is 0.207 e. The highest BCUT2D eigenvalue weighted by Crippen LogP contribution is 2.34. The molecule has 0 atom stereocenters. The fourth-order valence-corrected chi connectivity index (χ4v) is 3.77. The van der Waals surface area contributed by atoms with Crippen molar-refractivity contribution in [2.75, 3.05) is 45.3 Å². The minimum atomic E-state index is 0.517. The largest absolute Gasteiger partial charge is 0.493 e. The average molecular weight is 432 g/mol. The molecule has 1 aromatic heterocycles. The number of ether oxygens (including phenoxy) is 2. The topological polar surface area (TPSA) is 98.9 Å². The molecule has 3 aromatic rings. The molecule has 1 fully saturated rings. The molecule has 2 heterocycles. The summed E-state index contributed by atoms with van der Waals surface area (Å²) in [6, 6.07) is 13.8. The number of fused-ring (bicyclic) bond motifs is 1. The summed E-state index contributed by atoms with van der Waals surface area (Å²) in [5.74, 6) is 2.72. The molecular weight excluding hydrogens is 406 g/mol. The first-order chi connectivity index (χ1) is 15.7. The molecule has 1 saturated heterocycles. The van der Waals surface area contributed by atoms with Gasteiger partial charge in [0.05, 0.1) is 26.3 Å². The molecule has 0 amide bonds. The number of hydrogen-bond acceptors (Lipinski definition) is 7. The van der Waals surface area contributed by atoms with Crippen LogP contribution in [0.2, 0.25) is 0 Å². The van der Waals surface area contributed by atoms with Crippen LogP contribution in [-0.2, 0) is 6.54 Å². The van der Waals surface area contributed by atoms with Gasteiger partial charge in [0.25, 0.3) is 0 Å². The van der Waals surface area contributed by atoms with Crippen LogP contribution in [0.15, 0.2) is 53.8 Å². The molecule has 9 heteroatoms. The molecule has 0 unspecified atom stereocenters. The Balaban J connectivity index is 1.51. The number of rotatable bonds is 5. The summed E-state index contributed by atoms with van der Waals surface area (Å²) >= 11 is 0. The number of aliphatic imine (C=N–C) groups is 1. The van der Waals surface area contributed by atoms with E-state index in [4.69, 9.17) is 9.47 Å². The van der Waals surface area contributed by atoms with Crippen molar-refractivity contribution in [3.05, 3.63) is 54.4 Å². The lowest BCUT2D eigenvalue weighted by atomic mass is 10.2. The van der Waals surface area contributed by atoms with Crippen molar-refractivity contribution in [1.29, 1.82) is 5.26 Å². The summed E-state index contributed by atoms with van der Waals surface area (Å²) in [7, 11) is 3.22. The van der Waals surface area contributed by atoms with Crippen molar-refractivity contribution >= 4 is 22.7 Å². The van der Waals surface area contributed by atoms with E-state index in [9.17, 15) is 5.26 Å². The van der Waals surface area contributed by atoms with Gasteiger partial charge in [0, 0.05) is 37.6 Å². The summed E-state index contributed by atoms with van der Waals surface area (Å²) in [5.41, 5.74) is 1.89. The molecule has 4 rings (SSSR count). The van der Waals surface area contributed by atoms with E-state index >= 15 is 0 Å². The summed E-state index contributed by atoms with van der Waals surface area (Å²) in [6.07, 6.45) is 3.58. The summed E-state index contributed by atoms with van der Waals surface area (Å²) < 4.78 is 10.9. The molecule has 1 aliphatic heterocycles. The SMILES string of the molecule is COc1cc2ncnc(N3CCN(C(=NCc4ccccc4)NC#N)CC3)c2cc1OC. The first-order valence-electron chi connectivity index (χ1n) is 10.3. The predicted molar refractivity (Wildman–Crippen MR) is 123 cm³/mol. The van der Waals surface area contributed by atoms with Gasteiger partial charge >= 0.3 is 0 Å². The number of benzene rings is 2. The smallest absolute Gasteiger partial charge is 0.207 e. The highest BCUT2D eigenvalue weighted by molar-refractivity contribution is 5.92. The lowest BCUT2D eigenvalue weighted by molar-refractivity contribution is 0.355. The Hall–Kier alpha value is -4.06. The molecule has 9 nitrogen and oxygen atoms in total. The van der Waals surface area contributed by atoms with Gasteiger partial charge in [-0.05, 0) is 11.6 Å². The summed E-state index contributed by atoms with van der Waals surface area (Å²) in [5, 5.41) is 12.8. The predicted octanol–water partition coefficient (Wildman–Crippen LogP) is 2.40. The van der Waals surface area contributed by atoms with E-state index in [1.165, 1.54) is 0 Å². The van der Waals surface area contributed by atoms with Gasteiger partial charge in [0.15, 0.2) is 17.7 Å². The minimum Gasteiger partial charge on any atom is -0.493 e. The fourth-order valence-electron chi connectivity index (χ4n) is 3.77. The van der Waals surface area contributed by atoms with Crippen molar-refractivity contribution in [2.24, 2.45) is 4.99 Å². The van der Waals surface area contributed by atoms with Crippen LogP contribution in [0.1, 0.15) is 5.56 Å². The van der Waals surface area contributed by atoms with Gasteiger partial charge in [-0.1, -0.05) is 30.3 Å². The van der Waals surface area contributed by atoms with Crippen LogP contribution < -0.4 is 19.7 Å². The lowest BCUT2D eigenvalue weighted by Gasteiger charge is -2.36. The van der Waals surface area contributed by atoms with Gasteiger partial charge in [0.2, 0.25) is 5.96 Å². The molecule has 164 valence electrons. The average Bonchev–Trinajstić information content (AvgIpc) is 2.86. The van der Waals surface area contributed by atoms with Gasteiger partial charge in [-0.3, -0.25) is 5.32 Å². The second-order valence-corrected chi connectivity index (χ2v) is 7.26. The molecule has 1 aliphatic rings. The van der Waals surface area contributed by atoms with Gasteiger partial charge in [-0.15, -0.1) is 0 Å². The van der Waals surface area contributed by atoms with Crippen LogP contribution in [0.3, 0.4) is 0 Å². The van der Waals surface area contributed by atoms with Crippen molar-refractivity contribution in [3.63, 3.8) is 0 Å². The molecule has 0 aliphatic carbocycles. The van der Waals surface area contributed by atoms with E-state index in [-0.39, 0.29) is 0 Å². The molecule has 0 saturated carbocycles. The van der Waals surface area contributed by atoms with Crippen molar-refractivity contribution < 1.29 is 9.47 Å². The van der Waals surface area contributed by atoms with E-state index in [2.05, 4.69) is 30.1 Å². The Morgan fingerprint density at radius 3 is 2.47 bits per heavy atom. The Morgan fingerprint density at radius 2 is 1.78 bits per heavy atom. The van der Waals surface area contributed by atoms with E-state index in [0.29, 0.717) is 37.1 Å². The first kappa shape index (κ1) is 21.2. The van der Waals surface area contributed by atoms with Gasteiger partial charge in [-0.25, -0.2) is 15.0 Å². The van der Waals surface area contributed by atoms with E-state index in [1.54, 1.807) is 20.5 Å². The first-order valence-corrected chi connectivity index (χ1v) is 10.3. The zero-order chi connectivity index (χ0) is 22.3. The van der Waals surface area contributed by atoms with Gasteiger partial charge in [-0.2, -0.15) is 5.26 Å². The lowest BCUT2D eigenvalue weighted by Crippen LogP contribution is -2.52. The number of methoxy groups -OCH3 is 2. The third-order valence-corrected chi connectivity index (χ3v) is 5.42. The third-order valence-electron chi connectivity index (χ3n) is 5.42. The Bertz CT molecular complexity index is 1140. The van der Waals surface area contributed by atoms with Crippen LogP contribution in [-0.4, -0.2) is 61.2 Å². The highest BCUT2D eigenvalue weighted by Gasteiger charge is 2.23. The number of anilines is 1. The molecule has 0 radical (unpaired) electrons. The number of nitriles is 1. The minimum absolute atomic E-state index is 0.517. The number of aromatic nitrogens is 2. The number of piperazine rings is 1. The molecular formula is C23H25N7O2. The maximum atomic E-state index is 9.19. The zero-order valence-electron chi connectivity index (χ0n) is 18.2. The molecule has 0 spiro atoms. The van der Waals surface area contributed by atoms with Gasteiger partial charge < -0.3 is 19.3 Å². The second-order valence-electron chi connectivity index (χ2n) is 7.26. The Labute approximate surface area is 186 Å². The monoisotopic (exact) mass is 431 g/mol. The number of guanidine groups is 1. The molecule has 0 bridgehead atoms. The molecule has 32 heavy (non-hydrogen) atoms. The fraction of sp³-hybridized carbons (Fsp3) is 0.304. The number of nitrogens with one attached hydrogen (secondary N) is 1. The van der Waals surface area contributed by atoms with Crippen LogP contribution in [0.4, 0.5) is 5.82 Å². The standard InChI is InChI=1S/C23H25N7O2/c1-31-20-12-18-19(13-21(20)32-2)27-16-28-22(18)29-8-10-30(11-9-29)23(26-15-24)25-14-17-6-4-3-5-7-17/h3-7,12-13,16H,8-11,14H2,1-2H3,(H,25,26). The summed E-state index contributed by atoms with van der Waals surface area (Å²) in [6.45, 7) is 3.40. The maximum absolute atomic E-state index is 9.19. The van der Waals surface area contributed by atoms with E-state index < -0.39 is 0 Å². The molecule has 2 aromatic carbocycles. The second kappa shape index (κ2) is 9.83. The van der Waals surface area contributed by atoms with Crippen LogP contribution in [0.5, 0.6) is 11.5 Å². The Morgan fingerprint density at radius 1 is 1.06 bits per heavy atom. The quantitative estimate of drug-likeness (QED) is 0.285. The highest BCUT2D eigenvalue weighted by atomic mass is 16.5. The van der Waals surface area contributed by atoms with Crippen LogP contribution in [0, 0.1) is 11.5 Å². The van der Waals surface area contributed by atoms with Crippen LogP contribution in [0.25, 0.3) is 10.9 Å². The van der Waals surface area contributed by atoms with Gasteiger partial charge in [0.1, 0.15) is 12.1 Å². The summed E-state index contributed by atoms with van der Waals surface area (Å²) in [4.78, 5) is 17.9. The number of nitrogens with zero attached hydrogens (tertiary/aromatic N) is 6.